The van der Waals surface area contributed by atoms with Crippen LogP contribution < -0.4 is 15.4 Å². The number of aromatic nitrogens is 1. The van der Waals surface area contributed by atoms with Crippen LogP contribution in [0.3, 0.4) is 0 Å². The largest absolute Gasteiger partial charge is 0.487 e. The molecule has 1 heterocycles. The molecule has 0 saturated carbocycles. The van der Waals surface area contributed by atoms with Gasteiger partial charge in [-0.3, -0.25) is 20.2 Å². The van der Waals surface area contributed by atoms with Crippen LogP contribution in [0.25, 0.3) is 22.6 Å². The lowest BCUT2D eigenvalue weighted by Crippen LogP contribution is -2.34. The Bertz CT molecular complexity index is 1430. The number of hydrogen-bond donors (Lipinski definition) is 2. The van der Waals surface area contributed by atoms with Crippen molar-refractivity contribution < 1.29 is 18.9 Å². The molecule has 0 aliphatic heterocycles. The molecule has 0 spiro atoms. The summed E-state index contributed by atoms with van der Waals surface area (Å²) < 4.78 is 11.1. The molecule has 2 N–H and O–H groups in total. The molecule has 4 rings (SSSR count). The van der Waals surface area contributed by atoms with Crippen LogP contribution in [-0.4, -0.2) is 27.5 Å². The molecule has 0 aliphatic rings. The maximum absolute atomic E-state index is 12.6. The molecular weight excluding hydrogens is 468 g/mol. The fourth-order valence-electron chi connectivity index (χ4n) is 3.46. The Morgan fingerprint density at radius 2 is 1.97 bits per heavy atom. The molecule has 1 amide bonds. The second-order valence-electron chi connectivity index (χ2n) is 7.54. The second kappa shape index (κ2) is 10.3. The molecule has 0 atom stereocenters. The molecular formula is C25H22N4O5S. The van der Waals surface area contributed by atoms with Crippen molar-refractivity contribution >= 4 is 45.7 Å². The Balaban J connectivity index is 1.47. The first kappa shape index (κ1) is 23.8. The molecule has 0 fully saturated rings. The van der Waals surface area contributed by atoms with Crippen LogP contribution >= 0.6 is 12.2 Å². The number of aryl methyl sites for hydroxylation is 1. The minimum Gasteiger partial charge on any atom is -0.487 e. The van der Waals surface area contributed by atoms with Gasteiger partial charge in [0.15, 0.2) is 16.4 Å². The number of oxazole rings is 1. The maximum Gasteiger partial charge on any atom is 0.311 e. The predicted octanol–water partition coefficient (Wildman–Crippen LogP) is 5.49. The van der Waals surface area contributed by atoms with Gasteiger partial charge in [-0.1, -0.05) is 19.1 Å². The van der Waals surface area contributed by atoms with Gasteiger partial charge in [0, 0.05) is 22.9 Å². The van der Waals surface area contributed by atoms with Crippen LogP contribution in [0, 0.1) is 10.1 Å². The van der Waals surface area contributed by atoms with E-state index in [9.17, 15) is 14.9 Å². The molecule has 178 valence electrons. The number of fused-ring (bicyclic) bond motifs is 1. The minimum absolute atomic E-state index is 0.0360. The Kier molecular flexibility index (Phi) is 7.02. The van der Waals surface area contributed by atoms with Gasteiger partial charge in [-0.2, -0.15) is 0 Å². The Morgan fingerprint density at radius 1 is 1.14 bits per heavy atom. The lowest BCUT2D eigenvalue weighted by Gasteiger charge is -2.11. The number of nitrogens with one attached hydrogen (secondary N) is 2. The van der Waals surface area contributed by atoms with Gasteiger partial charge in [-0.05, 0) is 73.6 Å². The number of nitro benzene ring substituents is 1. The normalized spacial score (nSPS) is 10.7. The zero-order valence-electron chi connectivity index (χ0n) is 19.0. The summed E-state index contributed by atoms with van der Waals surface area (Å²) in [6, 6.07) is 17.1. The summed E-state index contributed by atoms with van der Waals surface area (Å²) in [5.41, 5.74) is 3.79. The quantitative estimate of drug-likeness (QED) is 0.198. The second-order valence-corrected chi connectivity index (χ2v) is 7.94. The van der Waals surface area contributed by atoms with Crippen LogP contribution in [0.2, 0.25) is 0 Å². The standard InChI is InChI=1S/C25H22N4O5S/c1-3-15-8-10-21-19(12-15)27-24(34-21)17-6-5-7-18(13-17)26-25(35)28-23(30)16-9-11-22(33-4-2)20(14-16)29(31)32/h5-14H,3-4H2,1-2H3,(H2,26,28,30,35). The number of thiocarbonyl (C=S) groups is 1. The van der Waals surface area contributed by atoms with Crippen molar-refractivity contribution in [3.8, 4) is 17.2 Å². The van der Waals surface area contributed by atoms with Gasteiger partial charge < -0.3 is 14.5 Å². The molecule has 35 heavy (non-hydrogen) atoms. The summed E-state index contributed by atoms with van der Waals surface area (Å²) in [5.74, 6) is -0.0271. The van der Waals surface area contributed by atoms with Crippen molar-refractivity contribution in [2.45, 2.75) is 20.3 Å². The van der Waals surface area contributed by atoms with E-state index in [1.165, 1.54) is 17.7 Å². The number of carbonyl (C=O) groups is 1. The summed E-state index contributed by atoms with van der Waals surface area (Å²) in [7, 11) is 0. The van der Waals surface area contributed by atoms with Crippen molar-refractivity contribution in [3.63, 3.8) is 0 Å². The SMILES string of the molecule is CCOc1ccc(C(=O)NC(=S)Nc2cccc(-c3nc4cc(CC)ccc4o3)c2)cc1[N+](=O)[O-]. The minimum atomic E-state index is -0.598. The van der Waals surface area contributed by atoms with Crippen LogP contribution in [0.1, 0.15) is 29.8 Å². The number of hydrogen-bond acceptors (Lipinski definition) is 7. The third kappa shape index (κ3) is 5.44. The first-order valence-electron chi connectivity index (χ1n) is 10.9. The van der Waals surface area contributed by atoms with Gasteiger partial charge in [-0.15, -0.1) is 0 Å². The van der Waals surface area contributed by atoms with Gasteiger partial charge in [0.1, 0.15) is 5.52 Å². The molecule has 10 heteroatoms. The third-order valence-corrected chi connectivity index (χ3v) is 5.38. The number of nitro groups is 1. The highest BCUT2D eigenvalue weighted by molar-refractivity contribution is 7.80. The molecule has 0 radical (unpaired) electrons. The summed E-state index contributed by atoms with van der Waals surface area (Å²) in [6.07, 6.45) is 0.907. The Morgan fingerprint density at radius 3 is 2.71 bits per heavy atom. The third-order valence-electron chi connectivity index (χ3n) is 5.17. The smallest absolute Gasteiger partial charge is 0.311 e. The monoisotopic (exact) mass is 490 g/mol. The molecule has 4 aromatic rings. The number of anilines is 1. The first-order chi connectivity index (χ1) is 16.9. The molecule has 3 aromatic carbocycles. The summed E-state index contributed by atoms with van der Waals surface area (Å²) in [5, 5.41) is 16.8. The maximum atomic E-state index is 12.6. The van der Waals surface area contributed by atoms with E-state index in [0.717, 1.165) is 23.6 Å². The van der Waals surface area contributed by atoms with E-state index in [4.69, 9.17) is 21.4 Å². The zero-order valence-corrected chi connectivity index (χ0v) is 19.8. The van der Waals surface area contributed by atoms with Crippen molar-refractivity contribution in [3.05, 3.63) is 81.9 Å². The molecule has 0 aliphatic carbocycles. The highest BCUT2D eigenvalue weighted by Gasteiger charge is 2.19. The number of ether oxygens (including phenoxy) is 1. The average molecular weight is 491 g/mol. The highest BCUT2D eigenvalue weighted by Crippen LogP contribution is 2.29. The summed E-state index contributed by atoms with van der Waals surface area (Å²) >= 11 is 5.26. The van der Waals surface area contributed by atoms with Crippen molar-refractivity contribution in [2.75, 3.05) is 11.9 Å². The number of rotatable bonds is 7. The molecule has 0 unspecified atom stereocenters. The topological polar surface area (TPSA) is 120 Å². The van der Waals surface area contributed by atoms with Crippen molar-refractivity contribution in [1.29, 1.82) is 0 Å². The fraction of sp³-hybridized carbons (Fsp3) is 0.160. The highest BCUT2D eigenvalue weighted by atomic mass is 32.1. The van der Waals surface area contributed by atoms with E-state index in [0.29, 0.717) is 17.2 Å². The average Bonchev–Trinajstić information content (AvgIpc) is 3.28. The first-order valence-corrected chi connectivity index (χ1v) is 11.3. The summed E-state index contributed by atoms with van der Waals surface area (Å²) in [6.45, 7) is 4.06. The van der Waals surface area contributed by atoms with E-state index in [-0.39, 0.29) is 28.7 Å². The van der Waals surface area contributed by atoms with Gasteiger partial charge in [-0.25, -0.2) is 4.98 Å². The van der Waals surface area contributed by atoms with E-state index in [1.807, 2.05) is 30.3 Å². The Labute approximate surface area is 206 Å². The number of nitrogens with zero attached hydrogens (tertiary/aromatic N) is 2. The van der Waals surface area contributed by atoms with Crippen LogP contribution in [0.15, 0.2) is 65.1 Å². The van der Waals surface area contributed by atoms with E-state index in [1.54, 1.807) is 19.1 Å². The molecule has 0 bridgehead atoms. The van der Waals surface area contributed by atoms with Gasteiger partial charge in [0.2, 0.25) is 5.89 Å². The molecule has 9 nitrogen and oxygen atoms in total. The van der Waals surface area contributed by atoms with E-state index < -0.39 is 10.8 Å². The fourth-order valence-corrected chi connectivity index (χ4v) is 3.67. The van der Waals surface area contributed by atoms with Gasteiger partial charge >= 0.3 is 5.69 Å². The number of amides is 1. The lowest BCUT2D eigenvalue weighted by molar-refractivity contribution is -0.385. The van der Waals surface area contributed by atoms with Crippen LogP contribution in [-0.2, 0) is 6.42 Å². The van der Waals surface area contributed by atoms with Crippen LogP contribution in [0.5, 0.6) is 5.75 Å². The van der Waals surface area contributed by atoms with E-state index in [2.05, 4.69) is 22.5 Å². The van der Waals surface area contributed by atoms with E-state index >= 15 is 0 Å². The van der Waals surface area contributed by atoms with Gasteiger partial charge in [0.05, 0.1) is 11.5 Å². The zero-order chi connectivity index (χ0) is 24.9. The lowest BCUT2D eigenvalue weighted by atomic mass is 10.1. The Hall–Kier alpha value is -4.31. The molecule has 0 saturated heterocycles. The van der Waals surface area contributed by atoms with Crippen molar-refractivity contribution in [1.82, 2.24) is 10.3 Å². The van der Waals surface area contributed by atoms with Crippen LogP contribution in [0.4, 0.5) is 11.4 Å². The molecule has 1 aromatic heterocycles. The predicted molar refractivity (Wildman–Crippen MR) is 137 cm³/mol. The van der Waals surface area contributed by atoms with Crippen molar-refractivity contribution in [2.24, 2.45) is 0 Å². The number of carbonyl (C=O) groups excluding carboxylic acids is 1. The summed E-state index contributed by atoms with van der Waals surface area (Å²) in [4.78, 5) is 27.9. The number of benzene rings is 3. The van der Waals surface area contributed by atoms with Gasteiger partial charge in [0.25, 0.3) is 5.91 Å².